The number of amides is 1. The second-order valence-corrected chi connectivity index (χ2v) is 11.2. The molecule has 0 saturated carbocycles. The van der Waals surface area contributed by atoms with Crippen molar-refractivity contribution >= 4 is 54.8 Å². The molecule has 0 atom stereocenters. The van der Waals surface area contributed by atoms with Crippen LogP contribution in [0.1, 0.15) is 19.2 Å². The molecule has 0 aliphatic heterocycles. The van der Waals surface area contributed by atoms with Crippen molar-refractivity contribution in [3.63, 3.8) is 0 Å². The van der Waals surface area contributed by atoms with E-state index in [1.807, 2.05) is 34.4 Å². The van der Waals surface area contributed by atoms with Crippen molar-refractivity contribution in [2.45, 2.75) is 31.2 Å². The predicted octanol–water partition coefficient (Wildman–Crippen LogP) is 4.06. The van der Waals surface area contributed by atoms with Crippen molar-refractivity contribution in [1.29, 1.82) is 0 Å². The smallest absolute Gasteiger partial charge is 0.242 e. The summed E-state index contributed by atoms with van der Waals surface area (Å²) in [6.07, 6.45) is 0.688. The highest BCUT2D eigenvalue weighted by Gasteiger charge is 2.20. The number of sulfonamides is 1. The summed E-state index contributed by atoms with van der Waals surface area (Å²) < 4.78 is 28.1. The fraction of sp³-hybridized carbons (Fsp3) is 0.286. The molecule has 1 amide bonds. The van der Waals surface area contributed by atoms with Gasteiger partial charge in [0.05, 0.1) is 26.5 Å². The SMILES string of the molecule is CCn1c(CCC(=O)Nc2nc(-c3cccs3)cs2)nc2cc(S(=O)(=O)N(C)C)ccc21. The zero-order chi connectivity index (χ0) is 22.9. The molecule has 0 saturated heterocycles. The number of benzene rings is 1. The van der Waals surface area contributed by atoms with Gasteiger partial charge in [-0.25, -0.2) is 22.7 Å². The van der Waals surface area contributed by atoms with Gasteiger partial charge < -0.3 is 9.88 Å². The van der Waals surface area contributed by atoms with Crippen molar-refractivity contribution in [2.24, 2.45) is 0 Å². The first-order chi connectivity index (χ1) is 15.3. The number of carbonyl (C=O) groups excluding carboxylic acids is 1. The van der Waals surface area contributed by atoms with Crippen LogP contribution in [-0.4, -0.2) is 47.3 Å². The Morgan fingerprint density at radius 3 is 2.69 bits per heavy atom. The van der Waals surface area contributed by atoms with E-state index in [4.69, 9.17) is 0 Å². The van der Waals surface area contributed by atoms with Gasteiger partial charge in [0.15, 0.2) is 5.13 Å². The van der Waals surface area contributed by atoms with Crippen LogP contribution in [0, 0.1) is 0 Å². The molecule has 0 unspecified atom stereocenters. The highest BCUT2D eigenvalue weighted by Crippen LogP contribution is 2.28. The molecule has 0 fully saturated rings. The summed E-state index contributed by atoms with van der Waals surface area (Å²) in [7, 11) is -0.538. The van der Waals surface area contributed by atoms with Crippen LogP contribution in [0.25, 0.3) is 21.6 Å². The Kier molecular flexibility index (Phi) is 6.42. The topological polar surface area (TPSA) is 97.2 Å². The summed E-state index contributed by atoms with van der Waals surface area (Å²) >= 11 is 3.00. The number of hydrogen-bond acceptors (Lipinski definition) is 7. The Bertz CT molecular complexity index is 1350. The van der Waals surface area contributed by atoms with Gasteiger partial charge in [0.25, 0.3) is 0 Å². The van der Waals surface area contributed by atoms with Crippen molar-refractivity contribution in [3.05, 3.63) is 46.9 Å². The molecule has 3 heterocycles. The maximum atomic E-state index is 12.5. The van der Waals surface area contributed by atoms with E-state index < -0.39 is 10.0 Å². The molecule has 0 aliphatic carbocycles. The van der Waals surface area contributed by atoms with Crippen LogP contribution >= 0.6 is 22.7 Å². The molecule has 1 aromatic carbocycles. The van der Waals surface area contributed by atoms with Gasteiger partial charge in [-0.3, -0.25) is 4.79 Å². The number of thiophene rings is 1. The Labute approximate surface area is 194 Å². The lowest BCUT2D eigenvalue weighted by Crippen LogP contribution is -2.22. The van der Waals surface area contributed by atoms with Gasteiger partial charge in [-0.2, -0.15) is 0 Å². The number of thiazole rings is 1. The maximum Gasteiger partial charge on any atom is 0.242 e. The van der Waals surface area contributed by atoms with Crippen molar-refractivity contribution in [3.8, 4) is 10.6 Å². The van der Waals surface area contributed by atoms with Gasteiger partial charge in [0.2, 0.25) is 15.9 Å². The van der Waals surface area contributed by atoms with Gasteiger partial charge in [-0.05, 0) is 36.6 Å². The van der Waals surface area contributed by atoms with Crippen LogP contribution in [0.15, 0.2) is 46.0 Å². The number of aromatic nitrogens is 3. The summed E-state index contributed by atoms with van der Waals surface area (Å²) in [5.74, 6) is 0.609. The van der Waals surface area contributed by atoms with Crippen LogP contribution < -0.4 is 5.32 Å². The molecule has 0 spiro atoms. The zero-order valence-electron chi connectivity index (χ0n) is 17.9. The molecule has 0 radical (unpaired) electrons. The average Bonchev–Trinajstić information content (AvgIpc) is 3.50. The number of imidazole rings is 1. The molecular formula is C21H23N5O3S3. The maximum absolute atomic E-state index is 12.5. The first kappa shape index (κ1) is 22.6. The van der Waals surface area contributed by atoms with Gasteiger partial charge in [-0.1, -0.05) is 6.07 Å². The monoisotopic (exact) mass is 489 g/mol. The third-order valence-corrected chi connectivity index (χ3v) is 8.45. The second kappa shape index (κ2) is 9.10. The van der Waals surface area contributed by atoms with E-state index in [9.17, 15) is 13.2 Å². The number of hydrogen-bond donors (Lipinski definition) is 1. The van der Waals surface area contributed by atoms with Crippen LogP contribution in [0.5, 0.6) is 0 Å². The molecule has 1 N–H and O–H groups in total. The van der Waals surface area contributed by atoms with E-state index in [-0.39, 0.29) is 17.2 Å². The molecule has 168 valence electrons. The molecule has 32 heavy (non-hydrogen) atoms. The lowest BCUT2D eigenvalue weighted by molar-refractivity contribution is -0.116. The molecule has 4 aromatic rings. The number of carbonyl (C=O) groups is 1. The largest absolute Gasteiger partial charge is 0.328 e. The quantitative estimate of drug-likeness (QED) is 0.403. The first-order valence-corrected chi connectivity index (χ1v) is 13.2. The van der Waals surface area contributed by atoms with Gasteiger partial charge in [-0.15, -0.1) is 22.7 Å². The van der Waals surface area contributed by atoms with E-state index in [1.54, 1.807) is 29.5 Å². The van der Waals surface area contributed by atoms with Crippen LogP contribution in [-0.2, 0) is 27.8 Å². The number of fused-ring (bicyclic) bond motifs is 1. The fourth-order valence-electron chi connectivity index (χ4n) is 3.35. The highest BCUT2D eigenvalue weighted by atomic mass is 32.2. The average molecular weight is 490 g/mol. The third kappa shape index (κ3) is 4.46. The third-order valence-electron chi connectivity index (χ3n) is 4.99. The highest BCUT2D eigenvalue weighted by molar-refractivity contribution is 7.89. The van der Waals surface area contributed by atoms with E-state index in [0.717, 1.165) is 21.9 Å². The minimum absolute atomic E-state index is 0.136. The summed E-state index contributed by atoms with van der Waals surface area (Å²) in [6.45, 7) is 2.67. The Morgan fingerprint density at radius 1 is 1.19 bits per heavy atom. The fourth-order valence-corrected chi connectivity index (χ4v) is 5.76. The number of aryl methyl sites for hydroxylation is 2. The van der Waals surface area contributed by atoms with E-state index in [2.05, 4.69) is 15.3 Å². The van der Waals surface area contributed by atoms with Crippen molar-refractivity contribution < 1.29 is 13.2 Å². The van der Waals surface area contributed by atoms with Crippen LogP contribution in [0.2, 0.25) is 0 Å². The Balaban J connectivity index is 1.48. The summed E-state index contributed by atoms with van der Waals surface area (Å²) in [4.78, 5) is 22.9. The van der Waals surface area contributed by atoms with Gasteiger partial charge >= 0.3 is 0 Å². The van der Waals surface area contributed by atoms with Gasteiger partial charge in [0.1, 0.15) is 5.82 Å². The summed E-state index contributed by atoms with van der Waals surface area (Å²) in [6, 6.07) is 8.91. The number of rotatable bonds is 8. The molecule has 0 bridgehead atoms. The minimum Gasteiger partial charge on any atom is -0.328 e. The van der Waals surface area contributed by atoms with E-state index in [1.165, 1.54) is 29.7 Å². The first-order valence-electron chi connectivity index (χ1n) is 10.0. The summed E-state index contributed by atoms with van der Waals surface area (Å²) in [5.41, 5.74) is 2.31. The molecule has 0 aliphatic rings. The normalized spacial score (nSPS) is 12.0. The number of anilines is 1. The zero-order valence-corrected chi connectivity index (χ0v) is 20.4. The Hall–Kier alpha value is -2.60. The standard InChI is InChI=1S/C21H23N5O3S3/c1-4-26-17-8-7-14(32(28,29)25(2)3)12-15(17)22-19(26)9-10-20(27)24-21-23-16(13-31-21)18-6-5-11-30-18/h5-8,11-13H,4,9-10H2,1-3H3,(H,23,24,27). The van der Waals surface area contributed by atoms with Crippen LogP contribution in [0.4, 0.5) is 5.13 Å². The lowest BCUT2D eigenvalue weighted by Gasteiger charge is -2.11. The number of nitrogens with zero attached hydrogens (tertiary/aromatic N) is 4. The molecule has 11 heteroatoms. The summed E-state index contributed by atoms with van der Waals surface area (Å²) in [5, 5.41) is 7.35. The van der Waals surface area contributed by atoms with Gasteiger partial charge in [0, 0.05) is 38.9 Å². The second-order valence-electron chi connectivity index (χ2n) is 7.27. The van der Waals surface area contributed by atoms with Crippen LogP contribution in [0.3, 0.4) is 0 Å². The molecular weight excluding hydrogens is 466 g/mol. The molecule has 8 nitrogen and oxygen atoms in total. The number of nitrogens with one attached hydrogen (secondary N) is 1. The van der Waals surface area contributed by atoms with Crippen molar-refractivity contribution in [2.75, 3.05) is 19.4 Å². The Morgan fingerprint density at radius 2 is 2.00 bits per heavy atom. The lowest BCUT2D eigenvalue weighted by atomic mass is 10.3. The van der Waals surface area contributed by atoms with E-state index >= 15 is 0 Å². The van der Waals surface area contributed by atoms with Crippen molar-refractivity contribution in [1.82, 2.24) is 18.8 Å². The minimum atomic E-state index is -3.54. The molecule has 4 rings (SSSR count). The van der Waals surface area contributed by atoms with E-state index in [0.29, 0.717) is 23.6 Å². The molecule has 3 aromatic heterocycles. The predicted molar refractivity (Wildman–Crippen MR) is 129 cm³/mol.